The predicted octanol–water partition coefficient (Wildman–Crippen LogP) is 2.25. The molecule has 1 N–H and O–H groups in total. The van der Waals surface area contributed by atoms with Crippen molar-refractivity contribution in [3.05, 3.63) is 23.8 Å². The fraction of sp³-hybridized carbons (Fsp3) is 0.636. The minimum Gasteiger partial charge on any atom is -0.387 e. The summed E-state index contributed by atoms with van der Waals surface area (Å²) in [6.45, 7) is 6.10. The van der Waals surface area contributed by atoms with Gasteiger partial charge in [0.05, 0.1) is 11.8 Å². The minimum absolute atomic E-state index is 0.452. The third-order valence-corrected chi connectivity index (χ3v) is 2.46. The van der Waals surface area contributed by atoms with E-state index in [4.69, 9.17) is 0 Å². The van der Waals surface area contributed by atoms with E-state index in [-0.39, 0.29) is 0 Å². The zero-order valence-electron chi connectivity index (χ0n) is 9.07. The lowest BCUT2D eigenvalue weighted by atomic mass is 9.99. The molecule has 0 fully saturated rings. The van der Waals surface area contributed by atoms with Crippen molar-refractivity contribution in [1.82, 2.24) is 9.97 Å². The fourth-order valence-electron chi connectivity index (χ4n) is 1.33. The van der Waals surface area contributed by atoms with Gasteiger partial charge in [0.1, 0.15) is 5.82 Å². The number of aryl methyl sites for hydroxylation is 1. The van der Waals surface area contributed by atoms with Crippen LogP contribution in [0.3, 0.4) is 0 Å². The largest absolute Gasteiger partial charge is 0.387 e. The first-order chi connectivity index (χ1) is 6.63. The van der Waals surface area contributed by atoms with Crippen LogP contribution in [0.2, 0.25) is 0 Å². The van der Waals surface area contributed by atoms with Crippen LogP contribution in [0, 0.1) is 12.8 Å². The molecule has 2 atom stereocenters. The van der Waals surface area contributed by atoms with Crippen LogP contribution in [0.4, 0.5) is 0 Å². The van der Waals surface area contributed by atoms with Crippen LogP contribution in [0.25, 0.3) is 0 Å². The van der Waals surface area contributed by atoms with E-state index in [1.807, 2.05) is 6.92 Å². The molecule has 1 heterocycles. The second kappa shape index (κ2) is 5.05. The normalized spacial score (nSPS) is 15.1. The number of aromatic nitrogens is 2. The second-order valence-corrected chi connectivity index (χ2v) is 3.79. The molecule has 2 unspecified atom stereocenters. The van der Waals surface area contributed by atoms with Gasteiger partial charge in [-0.3, -0.25) is 0 Å². The van der Waals surface area contributed by atoms with Gasteiger partial charge in [-0.25, -0.2) is 9.97 Å². The van der Waals surface area contributed by atoms with Crippen LogP contribution in [0.1, 0.15) is 44.3 Å². The van der Waals surface area contributed by atoms with Crippen molar-refractivity contribution in [1.29, 1.82) is 0 Å². The Morgan fingerprint density at radius 1 is 1.50 bits per heavy atom. The van der Waals surface area contributed by atoms with E-state index in [0.717, 1.165) is 18.5 Å². The Kier molecular flexibility index (Phi) is 4.01. The number of aliphatic hydroxyl groups excluding tert-OH is 1. The van der Waals surface area contributed by atoms with Gasteiger partial charge in [0.25, 0.3) is 0 Å². The highest BCUT2D eigenvalue weighted by molar-refractivity contribution is 5.04. The standard InChI is InChI=1S/C11H18N2O/c1-4-8(2)7-11(14)10-5-6-12-9(3)13-10/h5-6,8,11,14H,4,7H2,1-3H3. The first-order valence-electron chi connectivity index (χ1n) is 5.11. The van der Waals surface area contributed by atoms with Crippen molar-refractivity contribution < 1.29 is 5.11 Å². The number of nitrogens with zero attached hydrogens (tertiary/aromatic N) is 2. The molecule has 14 heavy (non-hydrogen) atoms. The summed E-state index contributed by atoms with van der Waals surface area (Å²) in [6, 6.07) is 1.78. The molecule has 0 saturated carbocycles. The predicted molar refractivity (Wildman–Crippen MR) is 55.8 cm³/mol. The zero-order chi connectivity index (χ0) is 10.6. The van der Waals surface area contributed by atoms with Gasteiger partial charge in [-0.2, -0.15) is 0 Å². The molecule has 1 aromatic heterocycles. The molecule has 0 aromatic carbocycles. The molecule has 78 valence electrons. The van der Waals surface area contributed by atoms with E-state index in [2.05, 4.69) is 23.8 Å². The van der Waals surface area contributed by atoms with Crippen LogP contribution < -0.4 is 0 Å². The van der Waals surface area contributed by atoms with Gasteiger partial charge in [-0.15, -0.1) is 0 Å². The summed E-state index contributed by atoms with van der Waals surface area (Å²) in [5.41, 5.74) is 0.734. The zero-order valence-corrected chi connectivity index (χ0v) is 9.07. The Balaban J connectivity index is 2.64. The molecular weight excluding hydrogens is 176 g/mol. The van der Waals surface area contributed by atoms with E-state index in [0.29, 0.717) is 11.7 Å². The first kappa shape index (κ1) is 11.1. The molecule has 0 bridgehead atoms. The van der Waals surface area contributed by atoms with Crippen molar-refractivity contribution in [3.63, 3.8) is 0 Å². The maximum atomic E-state index is 9.86. The summed E-state index contributed by atoms with van der Waals surface area (Å²) >= 11 is 0. The Morgan fingerprint density at radius 2 is 2.21 bits per heavy atom. The van der Waals surface area contributed by atoms with Crippen LogP contribution in [0.15, 0.2) is 12.3 Å². The molecule has 3 heteroatoms. The molecular formula is C11H18N2O. The maximum Gasteiger partial charge on any atom is 0.125 e. The minimum atomic E-state index is -0.452. The Morgan fingerprint density at radius 3 is 2.79 bits per heavy atom. The first-order valence-corrected chi connectivity index (χ1v) is 5.11. The fourth-order valence-corrected chi connectivity index (χ4v) is 1.33. The van der Waals surface area contributed by atoms with Gasteiger partial charge in [-0.1, -0.05) is 20.3 Å². The Bertz CT molecular complexity index is 288. The molecule has 0 saturated heterocycles. The third kappa shape index (κ3) is 3.07. The van der Waals surface area contributed by atoms with Gasteiger partial charge in [0, 0.05) is 6.20 Å². The van der Waals surface area contributed by atoms with Crippen LogP contribution in [0.5, 0.6) is 0 Å². The molecule has 1 rings (SSSR count). The molecule has 1 aromatic rings. The van der Waals surface area contributed by atoms with Crippen LogP contribution >= 0.6 is 0 Å². The topological polar surface area (TPSA) is 46.0 Å². The van der Waals surface area contributed by atoms with Gasteiger partial charge in [-0.05, 0) is 25.3 Å². The van der Waals surface area contributed by atoms with Gasteiger partial charge in [0.2, 0.25) is 0 Å². The quantitative estimate of drug-likeness (QED) is 0.799. The molecule has 0 aliphatic carbocycles. The molecule has 0 amide bonds. The lowest BCUT2D eigenvalue weighted by molar-refractivity contribution is 0.142. The summed E-state index contributed by atoms with van der Waals surface area (Å²) in [5.74, 6) is 1.24. The van der Waals surface area contributed by atoms with Crippen molar-refractivity contribution >= 4 is 0 Å². The lowest BCUT2D eigenvalue weighted by Crippen LogP contribution is -2.06. The van der Waals surface area contributed by atoms with Crippen molar-refractivity contribution in [3.8, 4) is 0 Å². The summed E-state index contributed by atoms with van der Waals surface area (Å²) in [4.78, 5) is 8.20. The summed E-state index contributed by atoms with van der Waals surface area (Å²) in [6.07, 6.45) is 3.10. The molecule has 0 radical (unpaired) electrons. The van der Waals surface area contributed by atoms with Crippen molar-refractivity contribution in [2.45, 2.75) is 39.7 Å². The molecule has 0 aliphatic heterocycles. The monoisotopic (exact) mass is 194 g/mol. The van der Waals surface area contributed by atoms with Crippen LogP contribution in [-0.4, -0.2) is 15.1 Å². The number of rotatable bonds is 4. The smallest absolute Gasteiger partial charge is 0.125 e. The van der Waals surface area contributed by atoms with Gasteiger partial charge in [0.15, 0.2) is 0 Å². The SMILES string of the molecule is CCC(C)CC(O)c1ccnc(C)n1. The highest BCUT2D eigenvalue weighted by Gasteiger charge is 2.12. The molecule has 0 aliphatic rings. The average Bonchev–Trinajstić information content (AvgIpc) is 2.17. The number of hydrogen-bond donors (Lipinski definition) is 1. The summed E-state index contributed by atoms with van der Waals surface area (Å²) < 4.78 is 0. The Labute approximate surface area is 85.2 Å². The van der Waals surface area contributed by atoms with E-state index in [9.17, 15) is 5.11 Å². The number of hydrogen-bond acceptors (Lipinski definition) is 3. The van der Waals surface area contributed by atoms with E-state index in [1.54, 1.807) is 12.3 Å². The van der Waals surface area contributed by atoms with E-state index < -0.39 is 6.10 Å². The highest BCUT2D eigenvalue weighted by atomic mass is 16.3. The Hall–Kier alpha value is -0.960. The van der Waals surface area contributed by atoms with Crippen LogP contribution in [-0.2, 0) is 0 Å². The van der Waals surface area contributed by atoms with Crippen molar-refractivity contribution in [2.75, 3.05) is 0 Å². The average molecular weight is 194 g/mol. The maximum absolute atomic E-state index is 9.86. The lowest BCUT2D eigenvalue weighted by Gasteiger charge is -2.14. The van der Waals surface area contributed by atoms with Crippen molar-refractivity contribution in [2.24, 2.45) is 5.92 Å². The molecule has 0 spiro atoms. The van der Waals surface area contributed by atoms with Gasteiger partial charge >= 0.3 is 0 Å². The highest BCUT2D eigenvalue weighted by Crippen LogP contribution is 2.20. The second-order valence-electron chi connectivity index (χ2n) is 3.79. The van der Waals surface area contributed by atoms with Gasteiger partial charge < -0.3 is 5.11 Å². The van der Waals surface area contributed by atoms with E-state index >= 15 is 0 Å². The summed E-state index contributed by atoms with van der Waals surface area (Å²) in [5, 5.41) is 9.86. The summed E-state index contributed by atoms with van der Waals surface area (Å²) in [7, 11) is 0. The van der Waals surface area contributed by atoms with E-state index in [1.165, 1.54) is 0 Å². The molecule has 3 nitrogen and oxygen atoms in total. The number of aliphatic hydroxyl groups is 1. The third-order valence-electron chi connectivity index (χ3n) is 2.46.